The molecule has 23 heteroatoms. The number of ether oxygens (including phenoxy) is 8. The SMILES string of the molecule is CC[C@H](C)[C@@H]([C@@H](CC(=O)N1CCC[C@H]1[C@H](OC)[C@@H](C)C(=O)N[C@@H](Cc1ccccc1)C(=O)O)OC)N(C)C(=O)[C@@H](CC(=O)[C@]1(C)CCCN1C(=O)CCOCCOCCOCCOCCOCCOCCCC(=O)c1ccc2nc(SC)sc2c1)C(C)C. The van der Waals surface area contributed by atoms with Gasteiger partial charge in [0.05, 0.1) is 131 Å². The van der Waals surface area contributed by atoms with E-state index in [-0.39, 0.29) is 80.0 Å². The lowest BCUT2D eigenvalue weighted by Crippen LogP contribution is -2.55. The molecule has 0 aliphatic carbocycles. The highest BCUT2D eigenvalue weighted by molar-refractivity contribution is 8.00. The lowest BCUT2D eigenvalue weighted by Gasteiger charge is -2.41. The molecule has 3 aromatic rings. The number of aromatic nitrogens is 1. The van der Waals surface area contributed by atoms with Crippen LogP contribution < -0.4 is 5.32 Å². The minimum atomic E-state index is -1.16. The smallest absolute Gasteiger partial charge is 0.326 e. The van der Waals surface area contributed by atoms with Crippen LogP contribution in [0, 0.1) is 23.7 Å². The molecule has 2 aromatic carbocycles. The third kappa shape index (κ3) is 22.2. The molecule has 492 valence electrons. The van der Waals surface area contributed by atoms with Crippen molar-refractivity contribution in [1.29, 1.82) is 0 Å². The van der Waals surface area contributed by atoms with Gasteiger partial charge in [0.2, 0.25) is 23.6 Å². The topological polar surface area (TPSA) is 248 Å². The molecule has 2 aliphatic rings. The number of thioether (sulfide) groups is 1. The Morgan fingerprint density at radius 3 is 1.97 bits per heavy atom. The van der Waals surface area contributed by atoms with Crippen molar-refractivity contribution in [3.05, 3.63) is 59.7 Å². The van der Waals surface area contributed by atoms with Crippen molar-refractivity contribution < 1.29 is 76.6 Å². The molecule has 0 radical (unpaired) electrons. The zero-order chi connectivity index (χ0) is 64.2. The maximum Gasteiger partial charge on any atom is 0.326 e. The number of methoxy groups -OCH3 is 2. The highest BCUT2D eigenvalue weighted by Gasteiger charge is 2.48. The second-order valence-electron chi connectivity index (χ2n) is 23.4. The molecule has 0 unspecified atom stereocenters. The number of fused-ring (bicyclic) bond motifs is 1. The number of benzene rings is 2. The zero-order valence-electron chi connectivity index (χ0n) is 53.7. The molecule has 21 nitrogen and oxygen atoms in total. The first-order valence-corrected chi connectivity index (χ1v) is 33.3. The summed E-state index contributed by atoms with van der Waals surface area (Å²) in [6.45, 7) is 16.7. The van der Waals surface area contributed by atoms with Crippen LogP contribution in [0.1, 0.15) is 122 Å². The molecule has 2 N–H and O–H groups in total. The fraction of sp³-hybridized carbons (Fsp3) is 0.692. The molecular formula is C65H99N5O16S2. The molecule has 2 aliphatic heterocycles. The Hall–Kier alpha value is -4.95. The Morgan fingerprint density at radius 1 is 0.784 bits per heavy atom. The lowest BCUT2D eigenvalue weighted by molar-refractivity contribution is -0.151. The number of carboxylic acids is 1. The minimum absolute atomic E-state index is 0.0583. The Labute approximate surface area is 529 Å². The van der Waals surface area contributed by atoms with Crippen molar-refractivity contribution in [2.45, 2.75) is 152 Å². The molecule has 3 heterocycles. The standard InChI is InChI=1S/C65H99N5O16S2/c1-11-45(4)59(54(79-8)43-58(74)69-26-15-20-52(69)60(80-9)46(5)61(75)66-51(63(77)78)40-47-18-13-12-14-19-47)68(7)62(76)49(44(2)3)42-56(72)65(6)25-17-27-70(65)57(73)24-29-82-31-33-84-35-37-86-39-38-85-36-34-83-32-30-81-28-16-21-53(71)48-22-23-50-55(41-48)88-64(67-50)87-10/h12-14,18-19,22-23,41,44-46,49,51-52,54,59-60H,11,15-17,20-21,24-40,42-43H2,1-10H3,(H,66,75)(H,77,78)/t45-,46+,49-,51-,52-,54+,59-,60+,65-/m0/s1. The van der Waals surface area contributed by atoms with Gasteiger partial charge in [-0.05, 0) is 80.9 Å². The first-order chi connectivity index (χ1) is 42.3. The maximum absolute atomic E-state index is 14.8. The van der Waals surface area contributed by atoms with Crippen molar-refractivity contribution in [3.63, 3.8) is 0 Å². The quantitative estimate of drug-likeness (QED) is 0.0311. The van der Waals surface area contributed by atoms with Gasteiger partial charge in [0, 0.05) is 71.7 Å². The first kappa shape index (κ1) is 73.8. The summed E-state index contributed by atoms with van der Waals surface area (Å²) in [4.78, 5) is 105. The Kier molecular flexibility index (Phi) is 32.4. The minimum Gasteiger partial charge on any atom is -0.480 e. The lowest BCUT2D eigenvalue weighted by atomic mass is 9.81. The first-order valence-electron chi connectivity index (χ1n) is 31.3. The molecule has 2 saturated heterocycles. The second kappa shape index (κ2) is 38.7. The van der Waals surface area contributed by atoms with Crippen molar-refractivity contribution in [3.8, 4) is 0 Å². The molecular weight excluding hydrogens is 1170 g/mol. The van der Waals surface area contributed by atoms with Crippen molar-refractivity contribution >= 4 is 74.5 Å². The summed E-state index contributed by atoms with van der Waals surface area (Å²) in [7, 11) is 4.73. The van der Waals surface area contributed by atoms with Gasteiger partial charge >= 0.3 is 5.97 Å². The highest BCUT2D eigenvalue weighted by Crippen LogP contribution is 2.36. The zero-order valence-corrected chi connectivity index (χ0v) is 55.3. The summed E-state index contributed by atoms with van der Waals surface area (Å²) in [6.07, 6.45) is 4.71. The number of likely N-dealkylation sites (N-methyl/N-ethyl adjacent to an activating group) is 1. The average molecular weight is 1270 g/mol. The van der Waals surface area contributed by atoms with E-state index >= 15 is 0 Å². The van der Waals surface area contributed by atoms with Crippen LogP contribution in [0.15, 0.2) is 52.9 Å². The van der Waals surface area contributed by atoms with Crippen LogP contribution in [-0.4, -0.2) is 222 Å². The highest BCUT2D eigenvalue weighted by atomic mass is 32.2. The number of likely N-dealkylation sites (tertiary alicyclic amines) is 2. The number of thiazole rings is 1. The van der Waals surface area contributed by atoms with Crippen LogP contribution in [0.2, 0.25) is 0 Å². The molecule has 1 aromatic heterocycles. The van der Waals surface area contributed by atoms with Gasteiger partial charge in [0.15, 0.2) is 15.9 Å². The van der Waals surface area contributed by atoms with E-state index in [1.807, 2.05) is 70.3 Å². The fourth-order valence-corrected chi connectivity index (χ4v) is 13.3. The number of carboxylic acid groups (broad SMARTS) is 1. The van der Waals surface area contributed by atoms with Crippen molar-refractivity contribution in [1.82, 2.24) is 25.0 Å². The van der Waals surface area contributed by atoms with Crippen molar-refractivity contribution in [2.24, 2.45) is 23.7 Å². The maximum atomic E-state index is 14.8. The summed E-state index contributed by atoms with van der Waals surface area (Å²) in [5.41, 5.74) is 1.30. The van der Waals surface area contributed by atoms with Gasteiger partial charge in [-0.15, -0.1) is 11.3 Å². The number of aliphatic carboxylic acids is 1. The summed E-state index contributed by atoms with van der Waals surface area (Å²) >= 11 is 3.20. The molecule has 0 spiro atoms. The van der Waals surface area contributed by atoms with Crippen LogP contribution in [-0.2, 0) is 73.1 Å². The van der Waals surface area contributed by atoms with Crippen LogP contribution in [0.3, 0.4) is 0 Å². The number of rotatable bonds is 44. The number of hydrogen-bond donors (Lipinski definition) is 2. The summed E-state index contributed by atoms with van der Waals surface area (Å²) in [5, 5.41) is 12.7. The van der Waals surface area contributed by atoms with Gasteiger partial charge in [-0.3, -0.25) is 28.8 Å². The monoisotopic (exact) mass is 1270 g/mol. The van der Waals surface area contributed by atoms with E-state index in [9.17, 15) is 38.7 Å². The van der Waals surface area contributed by atoms with Gasteiger partial charge in [0.1, 0.15) is 6.04 Å². The number of nitrogens with one attached hydrogen (secondary N) is 1. The summed E-state index contributed by atoms with van der Waals surface area (Å²) in [5.74, 6) is -4.23. The van der Waals surface area contributed by atoms with E-state index in [0.29, 0.717) is 130 Å². The van der Waals surface area contributed by atoms with Gasteiger partial charge in [-0.25, -0.2) is 9.78 Å². The third-order valence-corrected chi connectivity index (χ3v) is 19.1. The van der Waals surface area contributed by atoms with Gasteiger partial charge in [-0.2, -0.15) is 0 Å². The van der Waals surface area contributed by atoms with Crippen LogP contribution in [0.4, 0.5) is 0 Å². The largest absolute Gasteiger partial charge is 0.480 e. The number of hydrogen-bond acceptors (Lipinski definition) is 18. The number of ketones is 2. The third-order valence-electron chi connectivity index (χ3n) is 17.1. The van der Waals surface area contributed by atoms with E-state index in [0.717, 1.165) is 20.1 Å². The van der Waals surface area contributed by atoms with Gasteiger partial charge in [-0.1, -0.05) is 83.1 Å². The molecule has 0 bridgehead atoms. The van der Waals surface area contributed by atoms with Gasteiger partial charge in [0.25, 0.3) is 0 Å². The van der Waals surface area contributed by atoms with Crippen LogP contribution >= 0.6 is 23.1 Å². The van der Waals surface area contributed by atoms with E-state index in [1.54, 1.807) is 70.8 Å². The number of nitrogens with zero attached hydrogens (tertiary/aromatic N) is 4. The fourth-order valence-electron chi connectivity index (χ4n) is 11.7. The number of carbonyl (C=O) groups is 7. The molecule has 4 amide bonds. The van der Waals surface area contributed by atoms with Crippen LogP contribution in [0.25, 0.3) is 10.2 Å². The molecule has 5 rings (SSSR count). The number of carbonyl (C=O) groups excluding carboxylic acids is 6. The molecule has 9 atom stereocenters. The molecule has 88 heavy (non-hydrogen) atoms. The number of Topliss-reactive ketones (excluding diaryl/α,β-unsaturated/α-hetero) is 2. The average Bonchev–Trinajstić information content (AvgIpc) is 3.15. The van der Waals surface area contributed by atoms with E-state index in [2.05, 4.69) is 10.3 Å². The predicted octanol–water partition coefficient (Wildman–Crippen LogP) is 7.82. The Bertz CT molecular complexity index is 2650. The Morgan fingerprint density at radius 2 is 1.40 bits per heavy atom. The summed E-state index contributed by atoms with van der Waals surface area (Å²) in [6, 6.07) is 12.6. The second-order valence-corrected chi connectivity index (χ2v) is 25.5. The van der Waals surface area contributed by atoms with Crippen molar-refractivity contribution in [2.75, 3.05) is 120 Å². The van der Waals surface area contributed by atoms with E-state index in [4.69, 9.17) is 37.9 Å². The number of amides is 4. The van der Waals surface area contributed by atoms with E-state index in [1.165, 1.54) is 14.2 Å². The molecule has 2 fully saturated rings. The normalized spacial score (nSPS) is 18.5. The van der Waals surface area contributed by atoms with E-state index < -0.39 is 59.6 Å². The molecule has 0 saturated carbocycles. The van der Waals surface area contributed by atoms with Crippen LogP contribution in [0.5, 0.6) is 0 Å². The Balaban J connectivity index is 0.963. The predicted molar refractivity (Wildman–Crippen MR) is 338 cm³/mol. The summed E-state index contributed by atoms with van der Waals surface area (Å²) < 4.78 is 47.8. The van der Waals surface area contributed by atoms with Gasteiger partial charge < -0.3 is 63.0 Å².